The summed E-state index contributed by atoms with van der Waals surface area (Å²) in [7, 11) is 0. The topological polar surface area (TPSA) is 25.2 Å². The molecule has 0 aromatic carbocycles. The van der Waals surface area contributed by atoms with Gasteiger partial charge in [0.2, 0.25) is 0 Å². The van der Waals surface area contributed by atoms with E-state index in [2.05, 4.69) is 12.2 Å². The summed E-state index contributed by atoms with van der Waals surface area (Å²) in [6.45, 7) is 3.88. The molecule has 0 unspecified atom stereocenters. The second kappa shape index (κ2) is 11.1. The first-order chi connectivity index (χ1) is 9.72. The summed E-state index contributed by atoms with van der Waals surface area (Å²) < 4.78 is 29.5. The number of alkyl halides is 2. The highest BCUT2D eigenvalue weighted by Crippen LogP contribution is 2.21. The van der Waals surface area contributed by atoms with Crippen LogP contribution in [0.3, 0.4) is 0 Å². The van der Waals surface area contributed by atoms with E-state index >= 15 is 0 Å². The second-order valence-corrected chi connectivity index (χ2v) is 5.86. The molecule has 1 heterocycles. The van der Waals surface area contributed by atoms with Crippen molar-refractivity contribution in [2.75, 3.05) is 6.54 Å². The van der Waals surface area contributed by atoms with Crippen molar-refractivity contribution in [3.63, 3.8) is 0 Å². The zero-order valence-electron chi connectivity index (χ0n) is 12.2. The lowest BCUT2D eigenvalue weighted by Gasteiger charge is -2.03. The minimum atomic E-state index is -2.34. The number of rotatable bonds is 12. The monoisotopic (exact) mass is 305 g/mol. The van der Waals surface area contributed by atoms with Gasteiger partial charge in [0, 0.05) is 0 Å². The molecule has 0 amide bonds. The predicted molar refractivity (Wildman–Crippen MR) is 81.1 cm³/mol. The summed E-state index contributed by atoms with van der Waals surface area (Å²) in [5, 5.41) is 3.32. The van der Waals surface area contributed by atoms with E-state index in [4.69, 9.17) is 4.42 Å². The number of unbranched alkanes of at least 4 members (excludes halogenated alkanes) is 5. The van der Waals surface area contributed by atoms with Gasteiger partial charge in [0.15, 0.2) is 0 Å². The van der Waals surface area contributed by atoms with Gasteiger partial charge >= 0.3 is 0 Å². The molecule has 0 aliphatic heterocycles. The van der Waals surface area contributed by atoms with Crippen LogP contribution in [-0.4, -0.2) is 12.3 Å². The number of thioether (sulfide) groups is 1. The van der Waals surface area contributed by atoms with E-state index in [1.807, 2.05) is 6.07 Å². The van der Waals surface area contributed by atoms with Gasteiger partial charge in [-0.05, 0) is 25.1 Å². The summed E-state index contributed by atoms with van der Waals surface area (Å²) in [5.74, 6) is -0.670. The van der Waals surface area contributed by atoms with E-state index in [9.17, 15) is 8.78 Å². The van der Waals surface area contributed by atoms with Crippen LogP contribution in [0, 0.1) is 0 Å². The lowest BCUT2D eigenvalue weighted by atomic mass is 10.1. The van der Waals surface area contributed by atoms with E-state index in [1.165, 1.54) is 38.5 Å². The minimum absolute atomic E-state index is 0.231. The van der Waals surface area contributed by atoms with Gasteiger partial charge in [0.05, 0.1) is 12.3 Å². The van der Waals surface area contributed by atoms with Crippen LogP contribution in [0.4, 0.5) is 8.78 Å². The first-order valence-corrected chi connectivity index (χ1v) is 8.45. The Bertz CT molecular complexity index is 344. The van der Waals surface area contributed by atoms with E-state index in [0.717, 1.165) is 12.3 Å². The van der Waals surface area contributed by atoms with E-state index in [-0.39, 0.29) is 5.75 Å². The maximum absolute atomic E-state index is 12.0. The fourth-order valence-electron chi connectivity index (χ4n) is 1.98. The maximum atomic E-state index is 12.0. The quantitative estimate of drug-likeness (QED) is 0.538. The molecule has 0 aliphatic carbocycles. The third-order valence-corrected chi connectivity index (χ3v) is 3.78. The minimum Gasteiger partial charge on any atom is -0.464 e. The fraction of sp³-hybridized carbons (Fsp3) is 0.733. The molecule has 116 valence electrons. The molecule has 5 heteroatoms. The molecule has 0 saturated carbocycles. The Morgan fingerprint density at radius 3 is 2.55 bits per heavy atom. The Labute approximate surface area is 124 Å². The van der Waals surface area contributed by atoms with Gasteiger partial charge in [-0.25, -0.2) is 0 Å². The van der Waals surface area contributed by atoms with Gasteiger partial charge < -0.3 is 9.73 Å². The summed E-state index contributed by atoms with van der Waals surface area (Å²) in [6.07, 6.45) is 7.70. The molecule has 0 aliphatic rings. The highest BCUT2D eigenvalue weighted by molar-refractivity contribution is 7.98. The second-order valence-electron chi connectivity index (χ2n) is 4.88. The average Bonchev–Trinajstić information content (AvgIpc) is 2.87. The normalized spacial score (nSPS) is 11.4. The average molecular weight is 305 g/mol. The molecule has 20 heavy (non-hydrogen) atoms. The number of nitrogens with one attached hydrogen (secondary N) is 1. The van der Waals surface area contributed by atoms with Crippen molar-refractivity contribution in [3.8, 4) is 0 Å². The largest absolute Gasteiger partial charge is 0.464 e. The van der Waals surface area contributed by atoms with Crippen molar-refractivity contribution in [3.05, 3.63) is 23.7 Å². The SMILES string of the molecule is CCCCCCCCNCc1ccc(CSC(F)F)o1. The number of hydrogen-bond acceptors (Lipinski definition) is 3. The lowest BCUT2D eigenvalue weighted by Crippen LogP contribution is -2.14. The smallest absolute Gasteiger partial charge is 0.284 e. The van der Waals surface area contributed by atoms with E-state index < -0.39 is 5.76 Å². The van der Waals surface area contributed by atoms with Crippen molar-refractivity contribution in [2.24, 2.45) is 0 Å². The molecule has 2 nitrogen and oxygen atoms in total. The van der Waals surface area contributed by atoms with Gasteiger partial charge in [-0.1, -0.05) is 50.8 Å². The molecular weight excluding hydrogens is 280 g/mol. The van der Waals surface area contributed by atoms with E-state index in [1.54, 1.807) is 6.07 Å². The fourth-order valence-corrected chi connectivity index (χ4v) is 2.43. The molecule has 1 aromatic heterocycles. The van der Waals surface area contributed by atoms with Crippen LogP contribution in [0.15, 0.2) is 16.5 Å². The molecule has 1 N–H and O–H groups in total. The Kier molecular flexibility index (Phi) is 9.75. The Hall–Kier alpha value is -0.550. The van der Waals surface area contributed by atoms with Crippen LogP contribution in [0.5, 0.6) is 0 Å². The molecule has 0 saturated heterocycles. The molecule has 0 bridgehead atoms. The predicted octanol–water partition coefficient (Wildman–Crippen LogP) is 5.19. The van der Waals surface area contributed by atoms with Gasteiger partial charge in [-0.15, -0.1) is 0 Å². The van der Waals surface area contributed by atoms with Crippen LogP contribution in [-0.2, 0) is 12.3 Å². The third kappa shape index (κ3) is 8.59. The summed E-state index contributed by atoms with van der Waals surface area (Å²) in [6, 6.07) is 3.63. The molecule has 0 spiro atoms. The third-order valence-electron chi connectivity index (χ3n) is 3.08. The van der Waals surface area contributed by atoms with Crippen LogP contribution in [0.1, 0.15) is 57.0 Å². The molecule has 0 radical (unpaired) electrons. The zero-order chi connectivity index (χ0) is 14.6. The number of furan rings is 1. The van der Waals surface area contributed by atoms with Gasteiger partial charge in [-0.2, -0.15) is 8.78 Å². The molecule has 1 aromatic rings. The standard InChI is InChI=1S/C15H25F2NOS/c1-2-3-4-5-6-7-10-18-11-13-8-9-14(19-13)12-20-15(16)17/h8-9,15,18H,2-7,10-12H2,1H3. The van der Waals surface area contributed by atoms with Gasteiger partial charge in [-0.3, -0.25) is 0 Å². The zero-order valence-corrected chi connectivity index (χ0v) is 13.0. The van der Waals surface area contributed by atoms with Crippen molar-refractivity contribution in [1.29, 1.82) is 0 Å². The molecule has 1 rings (SSSR count). The molecule has 0 fully saturated rings. The van der Waals surface area contributed by atoms with Gasteiger partial charge in [0.1, 0.15) is 11.5 Å². The highest BCUT2D eigenvalue weighted by Gasteiger charge is 2.07. The molecule has 0 atom stereocenters. The van der Waals surface area contributed by atoms with Crippen LogP contribution < -0.4 is 5.32 Å². The van der Waals surface area contributed by atoms with E-state index in [0.29, 0.717) is 24.1 Å². The van der Waals surface area contributed by atoms with Crippen molar-refractivity contribution >= 4 is 11.8 Å². The van der Waals surface area contributed by atoms with Crippen molar-refractivity contribution in [2.45, 2.75) is 63.5 Å². The highest BCUT2D eigenvalue weighted by atomic mass is 32.2. The van der Waals surface area contributed by atoms with Crippen LogP contribution in [0.25, 0.3) is 0 Å². The first-order valence-electron chi connectivity index (χ1n) is 7.40. The van der Waals surface area contributed by atoms with Crippen LogP contribution >= 0.6 is 11.8 Å². The summed E-state index contributed by atoms with van der Waals surface area (Å²) in [5.41, 5.74) is 0. The Balaban J connectivity index is 2.01. The number of hydrogen-bond donors (Lipinski definition) is 1. The lowest BCUT2D eigenvalue weighted by molar-refractivity contribution is 0.251. The summed E-state index contributed by atoms with van der Waals surface area (Å²) in [4.78, 5) is 0. The van der Waals surface area contributed by atoms with Crippen LogP contribution in [0.2, 0.25) is 0 Å². The molecular formula is C15H25F2NOS. The Morgan fingerprint density at radius 2 is 1.80 bits per heavy atom. The summed E-state index contributed by atoms with van der Waals surface area (Å²) >= 11 is 0.592. The first kappa shape index (κ1) is 17.5. The van der Waals surface area contributed by atoms with Crippen molar-refractivity contribution < 1.29 is 13.2 Å². The Morgan fingerprint density at radius 1 is 1.10 bits per heavy atom. The number of halogens is 2. The van der Waals surface area contributed by atoms with Gasteiger partial charge in [0.25, 0.3) is 5.76 Å². The van der Waals surface area contributed by atoms with Crippen molar-refractivity contribution in [1.82, 2.24) is 5.32 Å². The maximum Gasteiger partial charge on any atom is 0.284 e.